The minimum absolute atomic E-state index is 0.0622. The molecule has 1 aliphatic rings. The van der Waals surface area contributed by atoms with Crippen LogP contribution in [0.25, 0.3) is 0 Å². The van der Waals surface area contributed by atoms with E-state index in [0.29, 0.717) is 16.3 Å². The van der Waals surface area contributed by atoms with E-state index in [1.807, 2.05) is 0 Å². The lowest BCUT2D eigenvalue weighted by Gasteiger charge is -2.21. The van der Waals surface area contributed by atoms with E-state index in [9.17, 15) is 13.5 Å². The Morgan fingerprint density at radius 2 is 2.12 bits per heavy atom. The van der Waals surface area contributed by atoms with Crippen LogP contribution in [0.15, 0.2) is 23.1 Å². The maximum atomic E-state index is 11.9. The number of hydrogen-bond acceptors (Lipinski definition) is 3. The molecule has 0 radical (unpaired) electrons. The molecule has 94 valence electrons. The molecule has 2 rings (SSSR count). The average Bonchev–Trinajstić information content (AvgIpc) is 2.35. The van der Waals surface area contributed by atoms with Gasteiger partial charge in [0.15, 0.2) is 9.84 Å². The van der Waals surface area contributed by atoms with Crippen molar-refractivity contribution in [3.05, 3.63) is 28.8 Å². The van der Waals surface area contributed by atoms with Gasteiger partial charge in [0.05, 0.1) is 16.2 Å². The van der Waals surface area contributed by atoms with Gasteiger partial charge in [0.2, 0.25) is 0 Å². The summed E-state index contributed by atoms with van der Waals surface area (Å²) in [6, 6.07) is 4.83. The second kappa shape index (κ2) is 3.97. The number of hydrogen-bond donors (Lipinski definition) is 1. The molecule has 0 spiro atoms. The van der Waals surface area contributed by atoms with Gasteiger partial charge in [-0.25, -0.2) is 8.42 Å². The Labute approximate surface area is 106 Å². The van der Waals surface area contributed by atoms with Gasteiger partial charge in [-0.2, -0.15) is 0 Å². The summed E-state index contributed by atoms with van der Waals surface area (Å²) in [6.45, 7) is 3.37. The molecule has 17 heavy (non-hydrogen) atoms. The zero-order chi connectivity index (χ0) is 12.8. The molecule has 1 aliphatic heterocycles. The van der Waals surface area contributed by atoms with Crippen LogP contribution in [0.1, 0.15) is 31.7 Å². The summed E-state index contributed by atoms with van der Waals surface area (Å²) in [6.07, 6.45) is 0.416. The predicted octanol–water partition coefficient (Wildman–Crippen LogP) is 2.37. The number of rotatable bonds is 2. The SMILES string of the molecule is CC(C)(O)CC1CS(=O)(=O)c2ccc(Cl)cc21. The highest BCUT2D eigenvalue weighted by Gasteiger charge is 2.37. The zero-order valence-electron chi connectivity index (χ0n) is 9.77. The average molecular weight is 275 g/mol. The Bertz CT molecular complexity index is 543. The molecule has 3 nitrogen and oxygen atoms in total. The Morgan fingerprint density at radius 3 is 2.71 bits per heavy atom. The van der Waals surface area contributed by atoms with E-state index < -0.39 is 15.4 Å². The van der Waals surface area contributed by atoms with E-state index in [1.54, 1.807) is 32.0 Å². The molecule has 1 heterocycles. The number of halogens is 1. The second-order valence-corrected chi connectivity index (χ2v) is 7.62. The van der Waals surface area contributed by atoms with Gasteiger partial charge < -0.3 is 5.11 Å². The molecule has 0 bridgehead atoms. The number of benzene rings is 1. The molecule has 1 atom stereocenters. The summed E-state index contributed by atoms with van der Waals surface area (Å²) in [5.74, 6) is -0.110. The molecule has 1 N–H and O–H groups in total. The molecule has 0 amide bonds. The van der Waals surface area contributed by atoms with Gasteiger partial charge in [-0.05, 0) is 44.0 Å². The molecule has 0 saturated heterocycles. The van der Waals surface area contributed by atoms with E-state index in [2.05, 4.69) is 0 Å². The van der Waals surface area contributed by atoms with Gasteiger partial charge in [-0.1, -0.05) is 11.6 Å². The van der Waals surface area contributed by atoms with Crippen molar-refractivity contribution in [1.29, 1.82) is 0 Å². The first-order chi connectivity index (χ1) is 7.69. The van der Waals surface area contributed by atoms with Crippen molar-refractivity contribution in [2.75, 3.05) is 5.75 Å². The Morgan fingerprint density at radius 1 is 1.47 bits per heavy atom. The quantitative estimate of drug-likeness (QED) is 0.901. The summed E-state index contributed by atoms with van der Waals surface area (Å²) in [5.41, 5.74) is -0.149. The van der Waals surface area contributed by atoms with E-state index in [1.165, 1.54) is 0 Å². The largest absolute Gasteiger partial charge is 0.390 e. The van der Waals surface area contributed by atoms with Gasteiger partial charge in [0.1, 0.15) is 0 Å². The van der Waals surface area contributed by atoms with Gasteiger partial charge in [0.25, 0.3) is 0 Å². The van der Waals surface area contributed by atoms with Crippen molar-refractivity contribution < 1.29 is 13.5 Å². The molecule has 0 aromatic heterocycles. The van der Waals surface area contributed by atoms with Crippen LogP contribution in [-0.2, 0) is 9.84 Å². The minimum atomic E-state index is -3.21. The van der Waals surface area contributed by atoms with E-state index in [4.69, 9.17) is 11.6 Å². The lowest BCUT2D eigenvalue weighted by atomic mass is 9.89. The summed E-state index contributed by atoms with van der Waals surface area (Å²) >= 11 is 5.90. The normalized spacial score (nSPS) is 22.5. The summed E-state index contributed by atoms with van der Waals surface area (Å²) in [5, 5.41) is 10.3. The maximum Gasteiger partial charge on any atom is 0.179 e. The Kier molecular flexibility index (Phi) is 3.00. The fourth-order valence-corrected chi connectivity index (χ4v) is 4.39. The summed E-state index contributed by atoms with van der Waals surface area (Å²) in [7, 11) is -3.21. The van der Waals surface area contributed by atoms with Crippen molar-refractivity contribution in [2.45, 2.75) is 36.7 Å². The molecular formula is C12H15ClO3S. The van der Waals surface area contributed by atoms with E-state index in [-0.39, 0.29) is 11.7 Å². The standard InChI is InChI=1S/C12H15ClO3S/c1-12(2,14)6-8-7-17(15,16)11-4-3-9(13)5-10(8)11/h3-5,8,14H,6-7H2,1-2H3. The molecule has 1 aromatic carbocycles. The molecule has 5 heteroatoms. The highest BCUT2D eigenvalue weighted by Crippen LogP contribution is 2.40. The Hall–Kier alpha value is -0.580. The van der Waals surface area contributed by atoms with Crippen LogP contribution >= 0.6 is 11.6 Å². The fourth-order valence-electron chi connectivity index (χ4n) is 2.34. The van der Waals surface area contributed by atoms with Crippen LogP contribution in [0, 0.1) is 0 Å². The van der Waals surface area contributed by atoms with Crippen LogP contribution in [0.5, 0.6) is 0 Å². The fraction of sp³-hybridized carbons (Fsp3) is 0.500. The third-order valence-electron chi connectivity index (χ3n) is 2.91. The molecule has 1 unspecified atom stereocenters. The number of sulfone groups is 1. The molecule has 0 saturated carbocycles. The first kappa shape index (κ1) is 12.9. The van der Waals surface area contributed by atoms with Crippen molar-refractivity contribution >= 4 is 21.4 Å². The number of fused-ring (bicyclic) bond motifs is 1. The van der Waals surface area contributed by atoms with Gasteiger partial charge in [-0.15, -0.1) is 0 Å². The number of aliphatic hydroxyl groups is 1. The summed E-state index contributed by atoms with van der Waals surface area (Å²) in [4.78, 5) is 0.358. The van der Waals surface area contributed by atoms with E-state index >= 15 is 0 Å². The third kappa shape index (κ3) is 2.64. The van der Waals surface area contributed by atoms with E-state index in [0.717, 1.165) is 5.56 Å². The summed E-state index contributed by atoms with van der Waals surface area (Å²) < 4.78 is 23.9. The smallest absolute Gasteiger partial charge is 0.179 e. The monoisotopic (exact) mass is 274 g/mol. The first-order valence-electron chi connectivity index (χ1n) is 5.44. The third-order valence-corrected chi connectivity index (χ3v) is 5.03. The van der Waals surface area contributed by atoms with Crippen molar-refractivity contribution in [3.8, 4) is 0 Å². The lowest BCUT2D eigenvalue weighted by molar-refractivity contribution is 0.0652. The van der Waals surface area contributed by atoms with Crippen molar-refractivity contribution in [3.63, 3.8) is 0 Å². The predicted molar refractivity (Wildman–Crippen MR) is 67.2 cm³/mol. The first-order valence-corrected chi connectivity index (χ1v) is 7.47. The highest BCUT2D eigenvalue weighted by atomic mass is 35.5. The zero-order valence-corrected chi connectivity index (χ0v) is 11.3. The van der Waals surface area contributed by atoms with Crippen LogP contribution < -0.4 is 0 Å². The molecular weight excluding hydrogens is 260 g/mol. The van der Waals surface area contributed by atoms with Crippen LogP contribution in [0.2, 0.25) is 5.02 Å². The highest BCUT2D eigenvalue weighted by molar-refractivity contribution is 7.91. The van der Waals surface area contributed by atoms with Crippen molar-refractivity contribution in [2.24, 2.45) is 0 Å². The van der Waals surface area contributed by atoms with Gasteiger partial charge >= 0.3 is 0 Å². The van der Waals surface area contributed by atoms with Crippen LogP contribution in [0.3, 0.4) is 0 Å². The lowest BCUT2D eigenvalue weighted by Crippen LogP contribution is -2.23. The molecule has 0 aliphatic carbocycles. The minimum Gasteiger partial charge on any atom is -0.390 e. The second-order valence-electron chi connectivity index (χ2n) is 5.18. The van der Waals surface area contributed by atoms with Gasteiger partial charge in [0, 0.05) is 10.9 Å². The maximum absolute atomic E-state index is 11.9. The Balaban J connectivity index is 2.47. The molecule has 0 fully saturated rings. The topological polar surface area (TPSA) is 54.4 Å². The van der Waals surface area contributed by atoms with Crippen molar-refractivity contribution in [1.82, 2.24) is 0 Å². The van der Waals surface area contributed by atoms with Gasteiger partial charge in [-0.3, -0.25) is 0 Å². The molecule has 1 aromatic rings. The van der Waals surface area contributed by atoms with Crippen LogP contribution in [0.4, 0.5) is 0 Å². The van der Waals surface area contributed by atoms with Crippen LogP contribution in [-0.4, -0.2) is 24.9 Å².